The third-order valence-electron chi connectivity index (χ3n) is 4.22. The minimum Gasteiger partial charge on any atom is -0.331 e. The van der Waals surface area contributed by atoms with Crippen LogP contribution in [0.4, 0.5) is 11.6 Å². The zero-order chi connectivity index (χ0) is 19.9. The standard InChI is InChI=1S/C22H21N5O/c1-16(2)27(15-18-6-4-3-5-7-18)21(28)20-12-13-24-22(26-20)25-19-10-8-17(14-23)9-11-19/h3-13,16H,15H2,1-2H3,(H,24,25,26). The van der Waals surface area contributed by atoms with E-state index in [1.165, 1.54) is 0 Å². The van der Waals surface area contributed by atoms with E-state index in [0.717, 1.165) is 11.3 Å². The summed E-state index contributed by atoms with van der Waals surface area (Å²) in [4.78, 5) is 23.4. The quantitative estimate of drug-likeness (QED) is 0.704. The highest BCUT2D eigenvalue weighted by Gasteiger charge is 2.20. The number of carbonyl (C=O) groups is 1. The molecule has 6 nitrogen and oxygen atoms in total. The van der Waals surface area contributed by atoms with Gasteiger partial charge in [0.05, 0.1) is 11.6 Å². The Hall–Kier alpha value is -3.72. The van der Waals surface area contributed by atoms with E-state index >= 15 is 0 Å². The molecule has 0 spiro atoms. The van der Waals surface area contributed by atoms with Crippen molar-refractivity contribution in [2.45, 2.75) is 26.4 Å². The highest BCUT2D eigenvalue weighted by atomic mass is 16.2. The molecule has 1 amide bonds. The lowest BCUT2D eigenvalue weighted by atomic mass is 10.1. The van der Waals surface area contributed by atoms with E-state index in [1.54, 1.807) is 41.4 Å². The Kier molecular flexibility index (Phi) is 5.97. The summed E-state index contributed by atoms with van der Waals surface area (Å²) in [6, 6.07) is 20.5. The van der Waals surface area contributed by atoms with Gasteiger partial charge in [0.2, 0.25) is 5.95 Å². The summed E-state index contributed by atoms with van der Waals surface area (Å²) in [5.41, 5.74) is 2.71. The van der Waals surface area contributed by atoms with Crippen molar-refractivity contribution in [1.82, 2.24) is 14.9 Å². The number of carbonyl (C=O) groups excluding carboxylic acids is 1. The van der Waals surface area contributed by atoms with E-state index < -0.39 is 0 Å². The van der Waals surface area contributed by atoms with Crippen molar-refractivity contribution in [3.8, 4) is 6.07 Å². The average Bonchev–Trinajstić information content (AvgIpc) is 2.73. The lowest BCUT2D eigenvalue weighted by Crippen LogP contribution is -2.37. The predicted octanol–water partition coefficient (Wildman–Crippen LogP) is 4.14. The lowest BCUT2D eigenvalue weighted by Gasteiger charge is -2.26. The van der Waals surface area contributed by atoms with E-state index in [-0.39, 0.29) is 11.9 Å². The molecule has 0 aliphatic heterocycles. The van der Waals surface area contributed by atoms with Crippen LogP contribution in [0, 0.1) is 11.3 Å². The van der Waals surface area contributed by atoms with Gasteiger partial charge in [0, 0.05) is 24.5 Å². The molecule has 140 valence electrons. The van der Waals surface area contributed by atoms with Crippen LogP contribution >= 0.6 is 0 Å². The van der Waals surface area contributed by atoms with Crippen molar-refractivity contribution in [3.05, 3.63) is 83.7 Å². The van der Waals surface area contributed by atoms with Crippen molar-refractivity contribution >= 4 is 17.5 Å². The first-order valence-electron chi connectivity index (χ1n) is 9.02. The third-order valence-corrected chi connectivity index (χ3v) is 4.22. The highest BCUT2D eigenvalue weighted by molar-refractivity contribution is 5.92. The summed E-state index contributed by atoms with van der Waals surface area (Å²) in [6.45, 7) is 4.48. The molecule has 3 aromatic rings. The van der Waals surface area contributed by atoms with E-state index in [2.05, 4.69) is 21.4 Å². The Balaban J connectivity index is 1.78. The number of rotatable bonds is 6. The van der Waals surface area contributed by atoms with Crippen LogP contribution < -0.4 is 5.32 Å². The summed E-state index contributed by atoms with van der Waals surface area (Å²) in [6.07, 6.45) is 1.56. The first-order chi connectivity index (χ1) is 13.6. The molecule has 2 aromatic carbocycles. The fourth-order valence-electron chi connectivity index (χ4n) is 2.71. The number of nitrogens with one attached hydrogen (secondary N) is 1. The van der Waals surface area contributed by atoms with Crippen molar-refractivity contribution < 1.29 is 4.79 Å². The molecule has 0 aliphatic rings. The van der Waals surface area contributed by atoms with Gasteiger partial charge in [0.1, 0.15) is 5.69 Å². The van der Waals surface area contributed by atoms with Gasteiger partial charge >= 0.3 is 0 Å². The smallest absolute Gasteiger partial charge is 0.273 e. The Morgan fingerprint density at radius 3 is 2.46 bits per heavy atom. The Morgan fingerprint density at radius 1 is 1.11 bits per heavy atom. The largest absolute Gasteiger partial charge is 0.331 e. The van der Waals surface area contributed by atoms with Crippen molar-refractivity contribution in [2.24, 2.45) is 0 Å². The molecule has 3 rings (SSSR count). The van der Waals surface area contributed by atoms with Crippen LogP contribution in [0.1, 0.15) is 35.5 Å². The number of anilines is 2. The summed E-state index contributed by atoms with van der Waals surface area (Å²) in [5.74, 6) is 0.183. The molecule has 6 heteroatoms. The lowest BCUT2D eigenvalue weighted by molar-refractivity contribution is 0.0684. The highest BCUT2D eigenvalue weighted by Crippen LogP contribution is 2.16. The van der Waals surface area contributed by atoms with Crippen LogP contribution in [0.5, 0.6) is 0 Å². The summed E-state index contributed by atoms with van der Waals surface area (Å²) < 4.78 is 0. The van der Waals surface area contributed by atoms with Crippen molar-refractivity contribution in [1.29, 1.82) is 5.26 Å². The van der Waals surface area contributed by atoms with E-state index in [1.807, 2.05) is 44.2 Å². The third kappa shape index (κ3) is 4.71. The predicted molar refractivity (Wildman–Crippen MR) is 108 cm³/mol. The molecule has 0 bridgehead atoms. The number of hydrogen-bond donors (Lipinski definition) is 1. The zero-order valence-electron chi connectivity index (χ0n) is 15.8. The molecule has 0 unspecified atom stereocenters. The van der Waals surface area contributed by atoms with Gasteiger partial charge in [-0.15, -0.1) is 0 Å². The second kappa shape index (κ2) is 8.78. The van der Waals surface area contributed by atoms with Crippen LogP contribution in [-0.2, 0) is 6.54 Å². The van der Waals surface area contributed by atoms with Gasteiger partial charge in [-0.2, -0.15) is 5.26 Å². The molecule has 0 radical (unpaired) electrons. The molecule has 0 atom stereocenters. The van der Waals surface area contributed by atoms with Crippen LogP contribution in [0.2, 0.25) is 0 Å². The van der Waals surface area contributed by atoms with Crippen LogP contribution in [-0.4, -0.2) is 26.8 Å². The van der Waals surface area contributed by atoms with Gasteiger partial charge in [0.15, 0.2) is 0 Å². The molecule has 0 aliphatic carbocycles. The molecule has 28 heavy (non-hydrogen) atoms. The van der Waals surface area contributed by atoms with Gasteiger partial charge < -0.3 is 10.2 Å². The molecular formula is C22H21N5O. The number of nitrogens with zero attached hydrogens (tertiary/aromatic N) is 4. The van der Waals surface area contributed by atoms with E-state index in [4.69, 9.17) is 5.26 Å². The Labute approximate surface area is 164 Å². The Bertz CT molecular complexity index is 978. The van der Waals surface area contributed by atoms with Gasteiger partial charge in [-0.1, -0.05) is 30.3 Å². The summed E-state index contributed by atoms with van der Waals surface area (Å²) in [5, 5.41) is 11.9. The number of aromatic nitrogens is 2. The molecule has 1 aromatic heterocycles. The van der Waals surface area contributed by atoms with Gasteiger partial charge in [-0.25, -0.2) is 9.97 Å². The molecule has 1 N–H and O–H groups in total. The maximum Gasteiger partial charge on any atom is 0.273 e. The second-order valence-corrected chi connectivity index (χ2v) is 6.59. The van der Waals surface area contributed by atoms with E-state index in [9.17, 15) is 4.79 Å². The summed E-state index contributed by atoms with van der Waals surface area (Å²) >= 11 is 0. The van der Waals surface area contributed by atoms with Crippen LogP contribution in [0.25, 0.3) is 0 Å². The maximum atomic E-state index is 13.1. The number of nitriles is 1. The van der Waals surface area contributed by atoms with E-state index in [0.29, 0.717) is 23.8 Å². The van der Waals surface area contributed by atoms with Gasteiger partial charge in [0.25, 0.3) is 5.91 Å². The van der Waals surface area contributed by atoms with Crippen LogP contribution in [0.15, 0.2) is 66.9 Å². The molecule has 1 heterocycles. The minimum atomic E-state index is -0.149. The van der Waals surface area contributed by atoms with Gasteiger partial charge in [-0.3, -0.25) is 4.79 Å². The molecule has 0 saturated heterocycles. The Morgan fingerprint density at radius 2 is 1.82 bits per heavy atom. The normalized spacial score (nSPS) is 10.4. The van der Waals surface area contributed by atoms with Gasteiger partial charge in [-0.05, 0) is 49.7 Å². The molecule has 0 saturated carbocycles. The monoisotopic (exact) mass is 371 g/mol. The maximum absolute atomic E-state index is 13.1. The fourth-order valence-corrected chi connectivity index (χ4v) is 2.71. The minimum absolute atomic E-state index is 0.0256. The first-order valence-corrected chi connectivity index (χ1v) is 9.02. The topological polar surface area (TPSA) is 81.9 Å². The zero-order valence-corrected chi connectivity index (χ0v) is 15.8. The SMILES string of the molecule is CC(C)N(Cc1ccccc1)C(=O)c1ccnc(Nc2ccc(C#N)cc2)n1. The first kappa shape index (κ1) is 19.1. The summed E-state index contributed by atoms with van der Waals surface area (Å²) in [7, 11) is 0. The van der Waals surface area contributed by atoms with Crippen LogP contribution in [0.3, 0.4) is 0 Å². The fraction of sp³-hybridized carbons (Fsp3) is 0.182. The second-order valence-electron chi connectivity index (χ2n) is 6.59. The van der Waals surface area contributed by atoms with Crippen molar-refractivity contribution in [2.75, 3.05) is 5.32 Å². The molecular weight excluding hydrogens is 350 g/mol. The number of benzene rings is 2. The van der Waals surface area contributed by atoms with Crippen molar-refractivity contribution in [3.63, 3.8) is 0 Å². The number of hydrogen-bond acceptors (Lipinski definition) is 5. The number of amides is 1. The average molecular weight is 371 g/mol. The molecule has 0 fully saturated rings.